The van der Waals surface area contributed by atoms with Gasteiger partial charge in [0.15, 0.2) is 11.6 Å². The number of nitrogens with zero attached hydrogens (tertiary/aromatic N) is 4. The fraction of sp³-hybridized carbons (Fsp3) is 0.818. The van der Waals surface area contributed by atoms with Crippen LogP contribution in [0.2, 0.25) is 0 Å². The molecular weight excluding hydrogens is 252 g/mol. The van der Waals surface area contributed by atoms with Gasteiger partial charge in [-0.1, -0.05) is 0 Å². The highest BCUT2D eigenvalue weighted by Gasteiger charge is 2.41. The van der Waals surface area contributed by atoms with E-state index in [1.165, 1.54) is 11.7 Å². The molecule has 2 fully saturated rings. The minimum absolute atomic E-state index is 0.0358. The maximum absolute atomic E-state index is 5.47. The van der Waals surface area contributed by atoms with Gasteiger partial charge in [-0.25, -0.2) is 0 Å². The Kier molecular flexibility index (Phi) is 3.13. The molecule has 2 saturated heterocycles. The molecule has 18 heavy (non-hydrogen) atoms. The Bertz CT molecular complexity index is 413. The van der Waals surface area contributed by atoms with Crippen LogP contribution in [0, 0.1) is 0 Å². The first-order valence-electron chi connectivity index (χ1n) is 6.17. The molecule has 0 aromatic carbocycles. The summed E-state index contributed by atoms with van der Waals surface area (Å²) >= 11 is 1.28. The van der Waals surface area contributed by atoms with Crippen LogP contribution in [0.5, 0.6) is 0 Å². The molecule has 0 aliphatic carbocycles. The molecule has 100 valence electrons. The number of morpholine rings is 1. The SMILES string of the molecule is COC1(C)CN(c2nsnc2N2CCOCC2)C1. The summed E-state index contributed by atoms with van der Waals surface area (Å²) in [5.74, 6) is 2.00. The summed E-state index contributed by atoms with van der Waals surface area (Å²) < 4.78 is 19.7. The average molecular weight is 270 g/mol. The average Bonchev–Trinajstić information content (AvgIpc) is 2.85. The van der Waals surface area contributed by atoms with Crippen molar-refractivity contribution in [2.45, 2.75) is 12.5 Å². The second kappa shape index (κ2) is 4.64. The Morgan fingerprint density at radius 2 is 1.78 bits per heavy atom. The summed E-state index contributed by atoms with van der Waals surface area (Å²) in [6, 6.07) is 0. The van der Waals surface area contributed by atoms with E-state index in [1.54, 1.807) is 7.11 Å². The Morgan fingerprint density at radius 1 is 1.17 bits per heavy atom. The van der Waals surface area contributed by atoms with Crippen LogP contribution >= 0.6 is 11.7 Å². The number of methoxy groups -OCH3 is 1. The summed E-state index contributed by atoms with van der Waals surface area (Å²) in [6.07, 6.45) is 0. The molecule has 0 radical (unpaired) electrons. The molecular formula is C11H18N4O2S. The number of ether oxygens (including phenoxy) is 2. The number of hydrogen-bond acceptors (Lipinski definition) is 7. The Hall–Kier alpha value is -0.920. The van der Waals surface area contributed by atoms with Crippen molar-refractivity contribution in [1.29, 1.82) is 0 Å². The number of rotatable bonds is 3. The van der Waals surface area contributed by atoms with E-state index in [4.69, 9.17) is 9.47 Å². The largest absolute Gasteiger partial charge is 0.378 e. The van der Waals surface area contributed by atoms with Crippen molar-refractivity contribution in [3.8, 4) is 0 Å². The molecule has 7 heteroatoms. The monoisotopic (exact) mass is 270 g/mol. The van der Waals surface area contributed by atoms with E-state index in [9.17, 15) is 0 Å². The van der Waals surface area contributed by atoms with Gasteiger partial charge in [0.05, 0.1) is 43.6 Å². The zero-order valence-corrected chi connectivity index (χ0v) is 11.6. The quantitative estimate of drug-likeness (QED) is 0.801. The molecule has 3 heterocycles. The van der Waals surface area contributed by atoms with Gasteiger partial charge in [0.25, 0.3) is 0 Å². The van der Waals surface area contributed by atoms with E-state index in [1.807, 2.05) is 0 Å². The minimum atomic E-state index is -0.0358. The topological polar surface area (TPSA) is 50.7 Å². The molecule has 0 saturated carbocycles. The zero-order chi connectivity index (χ0) is 12.6. The van der Waals surface area contributed by atoms with Gasteiger partial charge >= 0.3 is 0 Å². The van der Waals surface area contributed by atoms with Crippen molar-refractivity contribution in [3.05, 3.63) is 0 Å². The van der Waals surface area contributed by atoms with Crippen LogP contribution < -0.4 is 9.80 Å². The fourth-order valence-electron chi connectivity index (χ4n) is 2.39. The summed E-state index contributed by atoms with van der Waals surface area (Å²) in [7, 11) is 1.76. The van der Waals surface area contributed by atoms with Crippen LogP contribution in [0.4, 0.5) is 11.6 Å². The number of anilines is 2. The van der Waals surface area contributed by atoms with Crippen LogP contribution in [0.1, 0.15) is 6.92 Å². The smallest absolute Gasteiger partial charge is 0.187 e. The Labute approximate surface area is 111 Å². The standard InChI is InChI=1S/C11H18N4O2S/c1-11(16-2)7-15(8-11)10-9(12-18-13-10)14-3-5-17-6-4-14/h3-8H2,1-2H3. The van der Waals surface area contributed by atoms with Gasteiger partial charge in [0.1, 0.15) is 0 Å². The van der Waals surface area contributed by atoms with Crippen LogP contribution in [-0.4, -0.2) is 60.9 Å². The summed E-state index contributed by atoms with van der Waals surface area (Å²) in [5.41, 5.74) is -0.0358. The maximum Gasteiger partial charge on any atom is 0.187 e. The minimum Gasteiger partial charge on any atom is -0.378 e. The van der Waals surface area contributed by atoms with Crippen LogP contribution in [0.3, 0.4) is 0 Å². The Morgan fingerprint density at radius 3 is 2.39 bits per heavy atom. The first kappa shape index (κ1) is 12.1. The van der Waals surface area contributed by atoms with Crippen LogP contribution in [0.25, 0.3) is 0 Å². The van der Waals surface area contributed by atoms with Crippen molar-refractivity contribution in [3.63, 3.8) is 0 Å². The molecule has 6 nitrogen and oxygen atoms in total. The lowest BCUT2D eigenvalue weighted by Crippen LogP contribution is -2.61. The second-order valence-corrected chi connectivity index (χ2v) is 5.55. The van der Waals surface area contributed by atoms with E-state index in [0.29, 0.717) is 0 Å². The molecule has 0 amide bonds. The lowest BCUT2D eigenvalue weighted by molar-refractivity contribution is -0.0170. The van der Waals surface area contributed by atoms with Gasteiger partial charge in [0.2, 0.25) is 0 Å². The van der Waals surface area contributed by atoms with Crippen molar-refractivity contribution in [2.75, 3.05) is 56.3 Å². The van der Waals surface area contributed by atoms with Crippen molar-refractivity contribution in [2.24, 2.45) is 0 Å². The number of hydrogen-bond donors (Lipinski definition) is 0. The zero-order valence-electron chi connectivity index (χ0n) is 10.8. The molecule has 3 rings (SSSR count). The van der Waals surface area contributed by atoms with E-state index in [0.717, 1.165) is 51.0 Å². The lowest BCUT2D eigenvalue weighted by Gasteiger charge is -2.47. The third-order valence-electron chi connectivity index (χ3n) is 3.61. The summed E-state index contributed by atoms with van der Waals surface area (Å²) in [4.78, 5) is 4.49. The molecule has 1 aromatic rings. The third kappa shape index (κ3) is 2.06. The van der Waals surface area contributed by atoms with E-state index in [-0.39, 0.29) is 5.60 Å². The molecule has 0 N–H and O–H groups in total. The normalized spacial score (nSPS) is 23.0. The van der Waals surface area contributed by atoms with Gasteiger partial charge in [0, 0.05) is 20.2 Å². The predicted molar refractivity (Wildman–Crippen MR) is 70.6 cm³/mol. The van der Waals surface area contributed by atoms with Gasteiger partial charge < -0.3 is 19.3 Å². The van der Waals surface area contributed by atoms with Gasteiger partial charge in [-0.2, -0.15) is 8.75 Å². The maximum atomic E-state index is 5.47. The fourth-order valence-corrected chi connectivity index (χ4v) is 2.98. The van der Waals surface area contributed by atoms with Gasteiger partial charge in [-0.15, -0.1) is 0 Å². The third-order valence-corrected chi connectivity index (χ3v) is 4.12. The molecule has 0 unspecified atom stereocenters. The highest BCUT2D eigenvalue weighted by atomic mass is 32.1. The predicted octanol–water partition coefficient (Wildman–Crippen LogP) is 0.600. The van der Waals surface area contributed by atoms with E-state index >= 15 is 0 Å². The van der Waals surface area contributed by atoms with Crippen molar-refractivity contribution < 1.29 is 9.47 Å². The summed E-state index contributed by atoms with van der Waals surface area (Å²) in [5, 5.41) is 0. The van der Waals surface area contributed by atoms with E-state index in [2.05, 4.69) is 25.5 Å². The Balaban J connectivity index is 1.72. The van der Waals surface area contributed by atoms with Gasteiger partial charge in [-0.05, 0) is 6.92 Å². The lowest BCUT2D eigenvalue weighted by atomic mass is 9.96. The van der Waals surface area contributed by atoms with Crippen LogP contribution in [0.15, 0.2) is 0 Å². The second-order valence-electron chi connectivity index (χ2n) is 5.02. The summed E-state index contributed by atoms with van der Waals surface area (Å²) in [6.45, 7) is 7.22. The van der Waals surface area contributed by atoms with Crippen molar-refractivity contribution >= 4 is 23.4 Å². The molecule has 2 aliphatic rings. The molecule has 0 atom stereocenters. The van der Waals surface area contributed by atoms with E-state index < -0.39 is 0 Å². The first-order valence-corrected chi connectivity index (χ1v) is 6.90. The van der Waals surface area contributed by atoms with Gasteiger partial charge in [-0.3, -0.25) is 0 Å². The molecule has 0 spiro atoms. The highest BCUT2D eigenvalue weighted by molar-refractivity contribution is 6.99. The first-order chi connectivity index (χ1) is 8.72. The van der Waals surface area contributed by atoms with Crippen LogP contribution in [-0.2, 0) is 9.47 Å². The van der Waals surface area contributed by atoms with Crippen molar-refractivity contribution in [1.82, 2.24) is 8.75 Å². The molecule has 1 aromatic heterocycles. The number of aromatic nitrogens is 2. The molecule has 2 aliphatic heterocycles. The molecule has 0 bridgehead atoms. The highest BCUT2D eigenvalue weighted by Crippen LogP contribution is 2.35.